The summed E-state index contributed by atoms with van der Waals surface area (Å²) < 4.78 is 5.68. The van der Waals surface area contributed by atoms with Crippen LogP contribution in [0.25, 0.3) is 11.1 Å². The van der Waals surface area contributed by atoms with Crippen LogP contribution in [-0.4, -0.2) is 40.8 Å². The van der Waals surface area contributed by atoms with E-state index in [0.717, 1.165) is 30.4 Å². The molecule has 1 amide bonds. The van der Waals surface area contributed by atoms with Gasteiger partial charge in [-0.2, -0.15) is 0 Å². The van der Waals surface area contributed by atoms with Crippen LogP contribution in [0.15, 0.2) is 48.5 Å². The minimum absolute atomic E-state index is 0.00625. The quantitative estimate of drug-likeness (QED) is 0.899. The van der Waals surface area contributed by atoms with Crippen LogP contribution >= 0.6 is 0 Å². The fraction of sp³-hybridized carbons (Fsp3) is 0.364. The predicted octanol–water partition coefficient (Wildman–Crippen LogP) is 3.87. The molecule has 1 aliphatic heterocycles. The van der Waals surface area contributed by atoms with Gasteiger partial charge in [-0.15, -0.1) is 0 Å². The van der Waals surface area contributed by atoms with E-state index in [0.29, 0.717) is 0 Å². The van der Waals surface area contributed by atoms with Crippen LogP contribution < -0.4 is 0 Å². The molecule has 2 bridgehead atoms. The summed E-state index contributed by atoms with van der Waals surface area (Å²) in [5, 5.41) is 9.55. The number of amides is 1. The van der Waals surface area contributed by atoms with Gasteiger partial charge >= 0.3 is 12.1 Å². The molecule has 0 spiro atoms. The summed E-state index contributed by atoms with van der Waals surface area (Å²) >= 11 is 0. The molecular formula is C22H21NO4. The predicted molar refractivity (Wildman–Crippen MR) is 99.5 cm³/mol. The first-order chi connectivity index (χ1) is 13.1. The lowest BCUT2D eigenvalue weighted by molar-refractivity contribution is -0.144. The summed E-state index contributed by atoms with van der Waals surface area (Å²) in [6.07, 6.45) is 2.05. The van der Waals surface area contributed by atoms with Gasteiger partial charge in [0, 0.05) is 12.0 Å². The van der Waals surface area contributed by atoms with Crippen molar-refractivity contribution in [3.63, 3.8) is 0 Å². The standard InChI is InChI=1S/C22H21NO4/c24-21(25)20-13-9-10-14(11-13)23(20)22(26)27-12-19-17-7-3-1-5-15(17)16-6-2-4-8-18(16)19/h1-8,13-14,19-20H,9-12H2,(H,24,25). The Morgan fingerprint density at radius 1 is 1.00 bits per heavy atom. The van der Waals surface area contributed by atoms with Gasteiger partial charge in [-0.3, -0.25) is 4.90 Å². The number of ether oxygens (including phenoxy) is 1. The average molecular weight is 363 g/mol. The Bertz CT molecular complexity index is 879. The molecule has 0 aromatic heterocycles. The number of piperidine rings is 1. The molecule has 1 saturated heterocycles. The van der Waals surface area contributed by atoms with Crippen molar-refractivity contribution in [1.82, 2.24) is 4.90 Å². The lowest BCUT2D eigenvalue weighted by Gasteiger charge is -2.32. The molecule has 2 fully saturated rings. The zero-order valence-electron chi connectivity index (χ0n) is 14.9. The first kappa shape index (κ1) is 16.4. The smallest absolute Gasteiger partial charge is 0.410 e. The van der Waals surface area contributed by atoms with Gasteiger partial charge in [0.25, 0.3) is 0 Å². The molecule has 138 valence electrons. The molecule has 3 unspecified atom stereocenters. The highest BCUT2D eigenvalue weighted by atomic mass is 16.6. The van der Waals surface area contributed by atoms with Crippen LogP contribution in [0.2, 0.25) is 0 Å². The minimum Gasteiger partial charge on any atom is -0.480 e. The summed E-state index contributed by atoms with van der Waals surface area (Å²) in [6.45, 7) is 0.229. The number of fused-ring (bicyclic) bond motifs is 5. The summed E-state index contributed by atoms with van der Waals surface area (Å²) in [5.74, 6) is -0.867. The fourth-order valence-electron chi connectivity index (χ4n) is 5.24. The number of hydrogen-bond donors (Lipinski definition) is 1. The number of nitrogens with zero attached hydrogens (tertiary/aromatic N) is 1. The van der Waals surface area contributed by atoms with Gasteiger partial charge < -0.3 is 9.84 Å². The number of hydrogen-bond acceptors (Lipinski definition) is 3. The minimum atomic E-state index is -0.921. The van der Waals surface area contributed by atoms with E-state index in [9.17, 15) is 14.7 Å². The van der Waals surface area contributed by atoms with Gasteiger partial charge in [0.15, 0.2) is 0 Å². The second-order valence-electron chi connectivity index (χ2n) is 7.72. The summed E-state index contributed by atoms with van der Waals surface area (Å²) in [7, 11) is 0. The van der Waals surface area contributed by atoms with E-state index >= 15 is 0 Å². The first-order valence-electron chi connectivity index (χ1n) is 9.51. The highest BCUT2D eigenvalue weighted by Crippen LogP contribution is 2.45. The maximum Gasteiger partial charge on any atom is 0.410 e. The molecule has 5 heteroatoms. The van der Waals surface area contributed by atoms with Crippen molar-refractivity contribution in [3.05, 3.63) is 59.7 Å². The number of benzene rings is 2. The first-order valence-corrected chi connectivity index (χ1v) is 9.51. The van der Waals surface area contributed by atoms with E-state index in [2.05, 4.69) is 24.3 Å². The van der Waals surface area contributed by atoms with E-state index in [-0.39, 0.29) is 24.5 Å². The maximum absolute atomic E-state index is 12.8. The van der Waals surface area contributed by atoms with Crippen molar-refractivity contribution in [1.29, 1.82) is 0 Å². The molecule has 3 aliphatic rings. The Hall–Kier alpha value is -2.82. The molecule has 1 heterocycles. The molecule has 27 heavy (non-hydrogen) atoms. The van der Waals surface area contributed by atoms with Crippen molar-refractivity contribution in [2.75, 3.05) is 6.61 Å². The molecule has 5 rings (SSSR count). The molecule has 1 N–H and O–H groups in total. The topological polar surface area (TPSA) is 66.8 Å². The summed E-state index contributed by atoms with van der Waals surface area (Å²) in [5.41, 5.74) is 4.67. The summed E-state index contributed by atoms with van der Waals surface area (Å²) in [6, 6.07) is 15.6. The number of carboxylic acid groups (broad SMARTS) is 1. The Labute approximate surface area is 157 Å². The molecule has 2 aromatic carbocycles. The number of carbonyl (C=O) groups excluding carboxylic acids is 1. The van der Waals surface area contributed by atoms with Crippen molar-refractivity contribution < 1.29 is 19.4 Å². The summed E-state index contributed by atoms with van der Waals surface area (Å²) in [4.78, 5) is 25.9. The van der Waals surface area contributed by atoms with Gasteiger partial charge in [-0.05, 0) is 47.4 Å². The van der Waals surface area contributed by atoms with Crippen molar-refractivity contribution in [3.8, 4) is 11.1 Å². The molecule has 5 nitrogen and oxygen atoms in total. The third kappa shape index (κ3) is 2.45. The number of rotatable bonds is 3. The van der Waals surface area contributed by atoms with Gasteiger partial charge in [-0.25, -0.2) is 9.59 Å². The lowest BCUT2D eigenvalue weighted by atomic mass is 9.98. The average Bonchev–Trinajstić information content (AvgIpc) is 3.38. The molecule has 2 aromatic rings. The monoisotopic (exact) mass is 363 g/mol. The Balaban J connectivity index is 1.37. The lowest BCUT2D eigenvalue weighted by Crippen LogP contribution is -2.49. The van der Waals surface area contributed by atoms with Crippen LogP contribution in [0.1, 0.15) is 36.3 Å². The van der Waals surface area contributed by atoms with Gasteiger partial charge in [0.05, 0.1) is 0 Å². The Kier molecular flexibility index (Phi) is 3.71. The Morgan fingerprint density at radius 2 is 1.63 bits per heavy atom. The van der Waals surface area contributed by atoms with Gasteiger partial charge in [0.2, 0.25) is 0 Å². The Morgan fingerprint density at radius 3 is 2.26 bits per heavy atom. The maximum atomic E-state index is 12.8. The normalized spacial score (nSPS) is 25.3. The van der Waals surface area contributed by atoms with E-state index in [4.69, 9.17) is 4.74 Å². The number of aliphatic carboxylic acids is 1. The highest BCUT2D eigenvalue weighted by molar-refractivity contribution is 5.82. The second kappa shape index (κ2) is 6.12. The highest BCUT2D eigenvalue weighted by Gasteiger charge is 2.52. The van der Waals surface area contributed by atoms with E-state index in [1.165, 1.54) is 16.0 Å². The van der Waals surface area contributed by atoms with Crippen LogP contribution in [0, 0.1) is 5.92 Å². The van der Waals surface area contributed by atoms with Crippen LogP contribution in [-0.2, 0) is 9.53 Å². The van der Waals surface area contributed by atoms with E-state index in [1.54, 1.807) is 0 Å². The van der Waals surface area contributed by atoms with Gasteiger partial charge in [-0.1, -0.05) is 48.5 Å². The molecule has 2 aliphatic carbocycles. The third-order valence-electron chi connectivity index (χ3n) is 6.39. The number of likely N-dealkylation sites (tertiary alicyclic amines) is 1. The van der Waals surface area contributed by atoms with E-state index < -0.39 is 18.1 Å². The largest absolute Gasteiger partial charge is 0.480 e. The number of carboxylic acids is 1. The molecule has 3 atom stereocenters. The number of carbonyl (C=O) groups is 2. The SMILES string of the molecule is O=C(O)C1C2CCC(C2)N1C(=O)OCC1c2ccccc2-c2ccccc21. The molecule has 1 saturated carbocycles. The molecular weight excluding hydrogens is 342 g/mol. The molecule has 0 radical (unpaired) electrons. The zero-order valence-corrected chi connectivity index (χ0v) is 14.9. The van der Waals surface area contributed by atoms with Crippen molar-refractivity contribution in [2.45, 2.75) is 37.3 Å². The van der Waals surface area contributed by atoms with Crippen molar-refractivity contribution >= 4 is 12.1 Å². The third-order valence-corrected chi connectivity index (χ3v) is 6.39. The zero-order chi connectivity index (χ0) is 18.5. The van der Waals surface area contributed by atoms with Crippen LogP contribution in [0.4, 0.5) is 4.79 Å². The van der Waals surface area contributed by atoms with Gasteiger partial charge in [0.1, 0.15) is 12.6 Å². The second-order valence-corrected chi connectivity index (χ2v) is 7.72. The fourth-order valence-corrected chi connectivity index (χ4v) is 5.24. The van der Waals surface area contributed by atoms with Crippen LogP contribution in [0.5, 0.6) is 0 Å². The van der Waals surface area contributed by atoms with E-state index in [1.807, 2.05) is 24.3 Å². The van der Waals surface area contributed by atoms with Crippen LogP contribution in [0.3, 0.4) is 0 Å². The van der Waals surface area contributed by atoms with Crippen molar-refractivity contribution in [2.24, 2.45) is 5.92 Å².